The number of likely N-dealkylation sites (N-methyl/N-ethyl adjacent to an activating group) is 1. The third-order valence-corrected chi connectivity index (χ3v) is 7.84. The molecule has 3 amide bonds. The van der Waals surface area contributed by atoms with E-state index in [2.05, 4.69) is 21.2 Å². The summed E-state index contributed by atoms with van der Waals surface area (Å²) in [4.78, 5) is 43.9. The number of carbonyl (C=O) groups is 3. The van der Waals surface area contributed by atoms with Crippen LogP contribution in [0.3, 0.4) is 0 Å². The van der Waals surface area contributed by atoms with E-state index in [1.165, 1.54) is 0 Å². The van der Waals surface area contributed by atoms with Gasteiger partial charge in [-0.1, -0.05) is 82.7 Å². The SMILES string of the molecule is CCNC(=O)[C@@H](Cc1ccccc1)N(Cc1ccc(Br)cc1)C(=O)CCCN1C(=O)c2cccc3cccc1c23. The van der Waals surface area contributed by atoms with Gasteiger partial charge in [-0.2, -0.15) is 0 Å². The molecule has 0 unspecified atom stereocenters. The van der Waals surface area contributed by atoms with Crippen LogP contribution in [0.5, 0.6) is 0 Å². The topological polar surface area (TPSA) is 69.7 Å². The number of amides is 3. The lowest BCUT2D eigenvalue weighted by Crippen LogP contribution is -2.50. The lowest BCUT2D eigenvalue weighted by molar-refractivity contribution is -0.141. The van der Waals surface area contributed by atoms with Crippen LogP contribution in [-0.2, 0) is 22.6 Å². The zero-order chi connectivity index (χ0) is 28.1. The Hall–Kier alpha value is -3.97. The molecule has 204 valence electrons. The summed E-state index contributed by atoms with van der Waals surface area (Å²) >= 11 is 3.47. The van der Waals surface area contributed by atoms with E-state index in [0.29, 0.717) is 38.0 Å². The smallest absolute Gasteiger partial charge is 0.258 e. The minimum absolute atomic E-state index is 0.0322. The summed E-state index contributed by atoms with van der Waals surface area (Å²) in [5.74, 6) is -0.318. The van der Waals surface area contributed by atoms with Crippen molar-refractivity contribution >= 4 is 50.1 Å². The zero-order valence-electron chi connectivity index (χ0n) is 22.5. The summed E-state index contributed by atoms with van der Waals surface area (Å²) in [6, 6.07) is 28.6. The molecule has 0 aliphatic carbocycles. The Morgan fingerprint density at radius 3 is 2.35 bits per heavy atom. The van der Waals surface area contributed by atoms with Crippen LogP contribution in [0.4, 0.5) is 5.69 Å². The Morgan fingerprint density at radius 2 is 1.62 bits per heavy atom. The predicted molar refractivity (Wildman–Crippen MR) is 162 cm³/mol. The second kappa shape index (κ2) is 12.5. The Kier molecular flexibility index (Phi) is 8.60. The number of hydrogen-bond donors (Lipinski definition) is 1. The van der Waals surface area contributed by atoms with Crippen molar-refractivity contribution < 1.29 is 14.4 Å². The van der Waals surface area contributed by atoms with Gasteiger partial charge in [0.2, 0.25) is 11.8 Å². The van der Waals surface area contributed by atoms with E-state index in [-0.39, 0.29) is 24.1 Å². The molecule has 1 atom stereocenters. The molecule has 5 rings (SSSR count). The molecule has 6 nitrogen and oxygen atoms in total. The Labute approximate surface area is 243 Å². The molecular formula is C33H32BrN3O3. The number of halogens is 1. The molecule has 1 N–H and O–H groups in total. The molecule has 0 radical (unpaired) electrons. The number of hydrogen-bond acceptors (Lipinski definition) is 3. The summed E-state index contributed by atoms with van der Waals surface area (Å²) in [5, 5.41) is 4.94. The van der Waals surface area contributed by atoms with E-state index < -0.39 is 6.04 Å². The fourth-order valence-electron chi connectivity index (χ4n) is 5.37. The second-order valence-corrected chi connectivity index (χ2v) is 10.9. The molecule has 7 heteroatoms. The van der Waals surface area contributed by atoms with Crippen molar-refractivity contribution in [2.24, 2.45) is 0 Å². The van der Waals surface area contributed by atoms with Crippen LogP contribution in [0.15, 0.2) is 95.5 Å². The second-order valence-electron chi connectivity index (χ2n) is 9.99. The highest BCUT2D eigenvalue weighted by Gasteiger charge is 2.32. The molecule has 0 aromatic heterocycles. The number of nitrogens with one attached hydrogen (secondary N) is 1. The molecular weight excluding hydrogens is 566 g/mol. The van der Waals surface area contributed by atoms with Crippen LogP contribution in [0.25, 0.3) is 10.8 Å². The van der Waals surface area contributed by atoms with Gasteiger partial charge in [-0.25, -0.2) is 0 Å². The van der Waals surface area contributed by atoms with Crippen molar-refractivity contribution in [2.75, 3.05) is 18.0 Å². The molecule has 4 aromatic rings. The monoisotopic (exact) mass is 597 g/mol. The largest absolute Gasteiger partial charge is 0.355 e. The Bertz CT molecular complexity index is 1520. The highest BCUT2D eigenvalue weighted by molar-refractivity contribution is 9.10. The molecule has 0 fully saturated rings. The molecule has 1 aliphatic heterocycles. The summed E-state index contributed by atoms with van der Waals surface area (Å²) in [5.41, 5.74) is 3.52. The van der Waals surface area contributed by atoms with Gasteiger partial charge >= 0.3 is 0 Å². The first-order chi connectivity index (χ1) is 19.5. The third kappa shape index (κ3) is 5.94. The van der Waals surface area contributed by atoms with Gasteiger partial charge in [0.15, 0.2) is 0 Å². The Morgan fingerprint density at radius 1 is 0.900 bits per heavy atom. The van der Waals surface area contributed by atoms with Gasteiger partial charge in [-0.15, -0.1) is 0 Å². The number of anilines is 1. The van der Waals surface area contributed by atoms with Gasteiger partial charge in [-0.05, 0) is 54.1 Å². The van der Waals surface area contributed by atoms with Gasteiger partial charge in [0.05, 0.1) is 5.69 Å². The van der Waals surface area contributed by atoms with Crippen molar-refractivity contribution in [1.82, 2.24) is 10.2 Å². The average molecular weight is 599 g/mol. The van der Waals surface area contributed by atoms with E-state index in [0.717, 1.165) is 32.1 Å². The number of rotatable bonds is 11. The van der Waals surface area contributed by atoms with Crippen LogP contribution in [0, 0.1) is 0 Å². The first kappa shape index (κ1) is 27.6. The predicted octanol–water partition coefficient (Wildman–Crippen LogP) is 6.12. The van der Waals surface area contributed by atoms with Gasteiger partial charge in [0.25, 0.3) is 5.91 Å². The lowest BCUT2D eigenvalue weighted by atomic mass is 10.0. The summed E-state index contributed by atoms with van der Waals surface area (Å²) in [6.07, 6.45) is 1.12. The van der Waals surface area contributed by atoms with Crippen LogP contribution in [0.1, 0.15) is 41.3 Å². The minimum Gasteiger partial charge on any atom is -0.355 e. The molecule has 40 heavy (non-hydrogen) atoms. The quantitative estimate of drug-likeness (QED) is 0.226. The molecule has 1 heterocycles. The normalized spacial score (nSPS) is 12.9. The molecule has 0 saturated heterocycles. The zero-order valence-corrected chi connectivity index (χ0v) is 24.1. The highest BCUT2D eigenvalue weighted by atomic mass is 79.9. The van der Waals surface area contributed by atoms with Crippen LogP contribution in [-0.4, -0.2) is 41.8 Å². The molecule has 1 aliphatic rings. The van der Waals surface area contributed by atoms with Crippen LogP contribution >= 0.6 is 15.9 Å². The summed E-state index contributed by atoms with van der Waals surface area (Å²) < 4.78 is 0.949. The van der Waals surface area contributed by atoms with E-state index in [1.807, 2.05) is 97.9 Å². The maximum absolute atomic E-state index is 13.9. The van der Waals surface area contributed by atoms with Gasteiger partial charge in [0, 0.05) is 47.9 Å². The maximum atomic E-state index is 13.9. The number of benzene rings is 4. The van der Waals surface area contributed by atoms with E-state index >= 15 is 0 Å². The van der Waals surface area contributed by atoms with Gasteiger partial charge < -0.3 is 15.1 Å². The van der Waals surface area contributed by atoms with Gasteiger partial charge in [0.1, 0.15) is 6.04 Å². The van der Waals surface area contributed by atoms with E-state index in [1.54, 1.807) is 9.80 Å². The van der Waals surface area contributed by atoms with Crippen LogP contribution in [0.2, 0.25) is 0 Å². The summed E-state index contributed by atoms with van der Waals surface area (Å²) in [6.45, 7) is 3.10. The number of carbonyl (C=O) groups excluding carboxylic acids is 3. The van der Waals surface area contributed by atoms with E-state index in [4.69, 9.17) is 0 Å². The van der Waals surface area contributed by atoms with Crippen molar-refractivity contribution in [3.8, 4) is 0 Å². The standard InChI is InChI=1S/C33H32BrN3O3/c1-2-35-32(39)29(21-23-9-4-3-5-10-23)37(22-24-16-18-26(34)19-17-24)30(38)15-8-20-36-28-14-7-12-25-11-6-13-27(31(25)28)33(36)40/h3-7,9-14,16-19,29H,2,8,15,20-22H2,1H3,(H,35,39)/t29-/m1/s1. The highest BCUT2D eigenvalue weighted by Crippen LogP contribution is 2.37. The molecule has 0 spiro atoms. The van der Waals surface area contributed by atoms with Crippen molar-refractivity contribution in [3.63, 3.8) is 0 Å². The molecule has 4 aromatic carbocycles. The third-order valence-electron chi connectivity index (χ3n) is 7.31. The lowest BCUT2D eigenvalue weighted by Gasteiger charge is -2.32. The fraction of sp³-hybridized carbons (Fsp3) is 0.242. The summed E-state index contributed by atoms with van der Waals surface area (Å²) in [7, 11) is 0. The minimum atomic E-state index is -0.662. The fourth-order valence-corrected chi connectivity index (χ4v) is 5.63. The first-order valence-electron chi connectivity index (χ1n) is 13.7. The maximum Gasteiger partial charge on any atom is 0.258 e. The van der Waals surface area contributed by atoms with Crippen LogP contribution < -0.4 is 10.2 Å². The van der Waals surface area contributed by atoms with E-state index in [9.17, 15) is 14.4 Å². The van der Waals surface area contributed by atoms with Crippen molar-refractivity contribution in [3.05, 3.63) is 112 Å². The number of nitrogens with zero attached hydrogens (tertiary/aromatic N) is 2. The molecule has 0 bridgehead atoms. The average Bonchev–Trinajstić information content (AvgIpc) is 3.24. The molecule has 0 saturated carbocycles. The first-order valence-corrected chi connectivity index (χ1v) is 14.4. The van der Waals surface area contributed by atoms with Gasteiger partial charge in [-0.3, -0.25) is 14.4 Å². The Balaban J connectivity index is 1.36. The van der Waals surface area contributed by atoms with Crippen molar-refractivity contribution in [1.29, 1.82) is 0 Å². The van der Waals surface area contributed by atoms with Crippen molar-refractivity contribution in [2.45, 2.75) is 38.8 Å².